The Morgan fingerprint density at radius 1 is 1.44 bits per heavy atom. The van der Waals surface area contributed by atoms with E-state index in [0.29, 0.717) is 6.42 Å². The molecule has 0 spiro atoms. The van der Waals surface area contributed by atoms with E-state index in [9.17, 15) is 5.11 Å². The van der Waals surface area contributed by atoms with Crippen molar-refractivity contribution in [1.82, 2.24) is 0 Å². The van der Waals surface area contributed by atoms with Crippen LogP contribution in [0.25, 0.3) is 0 Å². The first kappa shape index (κ1) is 11.3. The summed E-state index contributed by atoms with van der Waals surface area (Å²) in [5.74, 6) is 0.00463. The van der Waals surface area contributed by atoms with Gasteiger partial charge in [-0.2, -0.15) is 0 Å². The molecule has 9 heavy (non-hydrogen) atoms. The largest absolute Gasteiger partial charge is 0.876 e. The highest BCUT2D eigenvalue weighted by atomic mass is 16.3. The highest BCUT2D eigenvalue weighted by Gasteiger charge is 1.58. The second kappa shape index (κ2) is 10.4. The first-order valence-corrected chi connectivity index (χ1v) is 2.75. The smallest absolute Gasteiger partial charge is 0.0662 e. The van der Waals surface area contributed by atoms with Crippen molar-refractivity contribution in [1.29, 1.82) is 0 Å². The predicted octanol–water partition coefficient (Wildman–Crippen LogP) is -0.759. The lowest BCUT2D eigenvalue weighted by atomic mass is 10.4. The molecule has 0 aliphatic heterocycles. The molecule has 0 heterocycles. The van der Waals surface area contributed by atoms with Gasteiger partial charge in [0.1, 0.15) is 0 Å². The van der Waals surface area contributed by atoms with Crippen LogP contribution < -0.4 is 5.11 Å². The van der Waals surface area contributed by atoms with Crippen molar-refractivity contribution < 1.29 is 15.3 Å². The molecule has 0 aromatic carbocycles. The highest BCUT2D eigenvalue weighted by molar-refractivity contribution is 4.71. The number of hydrogen-bond donors (Lipinski definition) is 2. The van der Waals surface area contributed by atoms with Gasteiger partial charge in [-0.25, -0.2) is 0 Å². The Morgan fingerprint density at radius 2 is 1.67 bits per heavy atom. The summed E-state index contributed by atoms with van der Waals surface area (Å²) in [6.07, 6.45) is 0.556. The Bertz CT molecular complexity index is 59.3. The maximum absolute atomic E-state index is 9.70. The minimum Gasteiger partial charge on any atom is -0.876 e. The molecule has 0 aliphatic carbocycles. The fourth-order valence-electron chi connectivity index (χ4n) is 0. The van der Waals surface area contributed by atoms with Gasteiger partial charge in [-0.15, -0.1) is 12.3 Å². The van der Waals surface area contributed by atoms with Crippen molar-refractivity contribution in [3.63, 3.8) is 0 Å². The van der Waals surface area contributed by atoms with Crippen molar-refractivity contribution in [2.45, 2.75) is 13.3 Å². The van der Waals surface area contributed by atoms with Crippen LogP contribution in [0.3, 0.4) is 0 Å². The normalized spacial score (nSPS) is 7.44. The minimum absolute atomic E-state index is 0.00463. The van der Waals surface area contributed by atoms with Crippen LogP contribution >= 0.6 is 0 Å². The molecule has 0 fully saturated rings. The van der Waals surface area contributed by atoms with Crippen LogP contribution in [0.4, 0.5) is 0 Å². The van der Waals surface area contributed by atoms with E-state index in [1.807, 2.05) is 0 Å². The van der Waals surface area contributed by atoms with Gasteiger partial charge >= 0.3 is 0 Å². The Kier molecular flexibility index (Phi) is 13.1. The summed E-state index contributed by atoms with van der Waals surface area (Å²) in [7, 11) is 0. The maximum atomic E-state index is 9.70. The number of hydrogen-bond acceptors (Lipinski definition) is 3. The van der Waals surface area contributed by atoms with Crippen LogP contribution in [0.5, 0.6) is 0 Å². The third-order valence-electron chi connectivity index (χ3n) is 0.494. The van der Waals surface area contributed by atoms with Gasteiger partial charge in [0.25, 0.3) is 0 Å². The molecule has 0 aromatic rings. The second-order valence-electron chi connectivity index (χ2n) is 1.34. The maximum Gasteiger partial charge on any atom is 0.0662 e. The lowest BCUT2D eigenvalue weighted by Gasteiger charge is -2.00. The van der Waals surface area contributed by atoms with E-state index in [1.165, 1.54) is 0 Å². The van der Waals surface area contributed by atoms with Gasteiger partial charge in [0.15, 0.2) is 0 Å². The minimum atomic E-state index is -0.125. The highest BCUT2D eigenvalue weighted by Crippen LogP contribution is 1.78. The molecule has 3 heteroatoms. The van der Waals surface area contributed by atoms with Crippen molar-refractivity contribution in [3.8, 4) is 0 Å². The molecule has 0 rings (SSSR count). The van der Waals surface area contributed by atoms with E-state index in [-0.39, 0.29) is 19.0 Å². The monoisotopic (exact) mass is 133 g/mol. The Labute approximate surface area is 55.3 Å². The first-order valence-electron chi connectivity index (χ1n) is 2.75. The SMILES string of the molecule is C=C([O-])CC.OCCO. The van der Waals surface area contributed by atoms with E-state index in [1.54, 1.807) is 6.92 Å². The topological polar surface area (TPSA) is 63.5 Å². The number of aliphatic hydroxyl groups is 2. The van der Waals surface area contributed by atoms with Gasteiger partial charge in [-0.1, -0.05) is 6.92 Å². The van der Waals surface area contributed by atoms with Gasteiger partial charge in [0, 0.05) is 0 Å². The van der Waals surface area contributed by atoms with Crippen LogP contribution in [0, 0.1) is 0 Å². The third-order valence-corrected chi connectivity index (χ3v) is 0.494. The van der Waals surface area contributed by atoms with Crippen molar-refractivity contribution in [3.05, 3.63) is 12.3 Å². The summed E-state index contributed by atoms with van der Waals surface area (Å²) in [4.78, 5) is 0. The number of allylic oxidation sites excluding steroid dienone is 1. The summed E-state index contributed by atoms with van der Waals surface area (Å²) in [6.45, 7) is 4.66. The molecule has 2 N–H and O–H groups in total. The van der Waals surface area contributed by atoms with Crippen LogP contribution in [-0.2, 0) is 0 Å². The molecular formula is C6H13O3-. The van der Waals surface area contributed by atoms with E-state index >= 15 is 0 Å². The van der Waals surface area contributed by atoms with E-state index in [0.717, 1.165) is 0 Å². The zero-order chi connectivity index (χ0) is 7.70. The lowest BCUT2D eigenvalue weighted by molar-refractivity contribution is -0.305. The van der Waals surface area contributed by atoms with Gasteiger partial charge < -0.3 is 15.3 Å². The van der Waals surface area contributed by atoms with Crippen LogP contribution in [0.15, 0.2) is 12.3 Å². The fourth-order valence-corrected chi connectivity index (χ4v) is 0. The number of rotatable bonds is 2. The Balaban J connectivity index is 0. The zero-order valence-corrected chi connectivity index (χ0v) is 5.63. The molecule has 0 aromatic heterocycles. The van der Waals surface area contributed by atoms with Gasteiger partial charge in [-0.05, 0) is 6.42 Å². The molecule has 0 amide bonds. The van der Waals surface area contributed by atoms with Crippen molar-refractivity contribution in [2.75, 3.05) is 13.2 Å². The second-order valence-corrected chi connectivity index (χ2v) is 1.34. The molecular weight excluding hydrogens is 120 g/mol. The molecule has 0 saturated heterocycles. The molecule has 0 saturated carbocycles. The molecule has 0 unspecified atom stereocenters. The predicted molar refractivity (Wildman–Crippen MR) is 33.6 cm³/mol. The summed E-state index contributed by atoms with van der Waals surface area (Å²) in [5, 5.41) is 25.0. The molecule has 56 valence electrons. The molecule has 0 atom stereocenters. The summed E-state index contributed by atoms with van der Waals surface area (Å²) in [5.41, 5.74) is 0. The molecule has 3 nitrogen and oxygen atoms in total. The fraction of sp³-hybridized carbons (Fsp3) is 0.667. The quantitative estimate of drug-likeness (QED) is 0.487. The summed E-state index contributed by atoms with van der Waals surface area (Å²) in [6, 6.07) is 0. The first-order chi connectivity index (χ1) is 4.18. The summed E-state index contributed by atoms with van der Waals surface area (Å²) >= 11 is 0. The Hall–Kier alpha value is -0.540. The van der Waals surface area contributed by atoms with E-state index in [2.05, 4.69) is 6.58 Å². The Morgan fingerprint density at radius 3 is 1.67 bits per heavy atom. The van der Waals surface area contributed by atoms with Gasteiger partial charge in [0.05, 0.1) is 13.2 Å². The number of aliphatic hydroxyl groups excluding tert-OH is 2. The standard InChI is InChI=1S/C4H8O.C2H6O2/c1-3-4(2)5;3-1-2-4/h5H,2-3H2,1H3;3-4H,1-2H2/p-1. The average molecular weight is 133 g/mol. The van der Waals surface area contributed by atoms with Gasteiger partial charge in [-0.3, -0.25) is 0 Å². The summed E-state index contributed by atoms with van der Waals surface area (Å²) < 4.78 is 0. The van der Waals surface area contributed by atoms with E-state index in [4.69, 9.17) is 10.2 Å². The molecule has 0 aliphatic rings. The average Bonchev–Trinajstić information content (AvgIpc) is 1.89. The van der Waals surface area contributed by atoms with Crippen LogP contribution in [-0.4, -0.2) is 23.4 Å². The zero-order valence-electron chi connectivity index (χ0n) is 5.63. The third kappa shape index (κ3) is 36.7. The van der Waals surface area contributed by atoms with Gasteiger partial charge in [0.2, 0.25) is 0 Å². The lowest BCUT2D eigenvalue weighted by Crippen LogP contribution is -1.97. The molecule has 0 radical (unpaired) electrons. The van der Waals surface area contributed by atoms with Crippen molar-refractivity contribution in [2.24, 2.45) is 0 Å². The van der Waals surface area contributed by atoms with Crippen LogP contribution in [0.2, 0.25) is 0 Å². The van der Waals surface area contributed by atoms with Crippen LogP contribution in [0.1, 0.15) is 13.3 Å². The van der Waals surface area contributed by atoms with E-state index < -0.39 is 0 Å². The molecule has 0 bridgehead atoms. The van der Waals surface area contributed by atoms with Crippen molar-refractivity contribution >= 4 is 0 Å².